The second-order valence-electron chi connectivity index (χ2n) is 4.28. The van der Waals surface area contributed by atoms with Crippen LogP contribution in [0.4, 0.5) is 4.39 Å². The molecule has 20 heavy (non-hydrogen) atoms. The van der Waals surface area contributed by atoms with Crippen LogP contribution in [0.1, 0.15) is 11.6 Å². The van der Waals surface area contributed by atoms with E-state index in [0.29, 0.717) is 26.3 Å². The van der Waals surface area contributed by atoms with E-state index in [1.807, 2.05) is 0 Å². The van der Waals surface area contributed by atoms with Crippen molar-refractivity contribution in [3.8, 4) is 0 Å². The standard InChI is InChI=1S/C14H20FNO4/c1-19-9-7-16(8-10-20-2)13(14(17)18)11-5-3-4-6-12(11)15/h3-6,13H,7-10H2,1-2H3,(H,17,18). The molecule has 0 saturated carbocycles. The van der Waals surface area contributed by atoms with Gasteiger partial charge in [0.05, 0.1) is 13.2 Å². The highest BCUT2D eigenvalue weighted by atomic mass is 19.1. The van der Waals surface area contributed by atoms with Gasteiger partial charge in [0.1, 0.15) is 11.9 Å². The highest BCUT2D eigenvalue weighted by molar-refractivity contribution is 5.75. The zero-order chi connectivity index (χ0) is 15.0. The van der Waals surface area contributed by atoms with Gasteiger partial charge in [-0.1, -0.05) is 18.2 Å². The van der Waals surface area contributed by atoms with E-state index in [9.17, 15) is 14.3 Å². The van der Waals surface area contributed by atoms with Crippen molar-refractivity contribution in [2.24, 2.45) is 0 Å². The Labute approximate surface area is 117 Å². The fourth-order valence-electron chi connectivity index (χ4n) is 1.97. The summed E-state index contributed by atoms with van der Waals surface area (Å²) < 4.78 is 23.8. The zero-order valence-corrected chi connectivity index (χ0v) is 11.7. The summed E-state index contributed by atoms with van der Waals surface area (Å²) in [4.78, 5) is 13.2. The van der Waals surface area contributed by atoms with Gasteiger partial charge in [0.15, 0.2) is 0 Å². The summed E-state index contributed by atoms with van der Waals surface area (Å²) in [6.07, 6.45) is 0. The molecule has 1 aromatic carbocycles. The predicted octanol–water partition coefficient (Wildman–Crippen LogP) is 1.55. The largest absolute Gasteiger partial charge is 0.480 e. The minimum Gasteiger partial charge on any atom is -0.480 e. The monoisotopic (exact) mass is 285 g/mol. The number of benzene rings is 1. The molecule has 1 rings (SSSR count). The number of carboxylic acids is 1. The molecule has 112 valence electrons. The van der Waals surface area contributed by atoms with E-state index in [1.165, 1.54) is 32.4 Å². The first kappa shape index (κ1) is 16.6. The highest BCUT2D eigenvalue weighted by Crippen LogP contribution is 2.23. The minimum absolute atomic E-state index is 0.146. The number of ether oxygens (including phenoxy) is 2. The number of carbonyl (C=O) groups is 1. The molecule has 0 aromatic heterocycles. The van der Waals surface area contributed by atoms with E-state index in [-0.39, 0.29) is 5.56 Å². The van der Waals surface area contributed by atoms with Crippen molar-refractivity contribution in [1.29, 1.82) is 0 Å². The van der Waals surface area contributed by atoms with Gasteiger partial charge in [-0.25, -0.2) is 4.39 Å². The van der Waals surface area contributed by atoms with Crippen molar-refractivity contribution >= 4 is 5.97 Å². The van der Waals surface area contributed by atoms with Gasteiger partial charge in [0.25, 0.3) is 0 Å². The van der Waals surface area contributed by atoms with Gasteiger partial charge in [-0.3, -0.25) is 9.69 Å². The first-order valence-electron chi connectivity index (χ1n) is 6.31. The van der Waals surface area contributed by atoms with Crippen LogP contribution < -0.4 is 0 Å². The molecule has 5 nitrogen and oxygen atoms in total. The van der Waals surface area contributed by atoms with E-state index in [4.69, 9.17) is 9.47 Å². The van der Waals surface area contributed by atoms with E-state index >= 15 is 0 Å². The van der Waals surface area contributed by atoms with E-state index < -0.39 is 17.8 Å². The van der Waals surface area contributed by atoms with Crippen LogP contribution in [0, 0.1) is 5.82 Å². The third-order valence-electron chi connectivity index (χ3n) is 2.96. The molecule has 0 aliphatic heterocycles. The molecule has 1 unspecified atom stereocenters. The number of carboxylic acid groups (broad SMARTS) is 1. The van der Waals surface area contributed by atoms with Crippen LogP contribution in [-0.2, 0) is 14.3 Å². The number of nitrogens with zero attached hydrogens (tertiary/aromatic N) is 1. The van der Waals surface area contributed by atoms with Gasteiger partial charge in [0.2, 0.25) is 0 Å². The first-order valence-corrected chi connectivity index (χ1v) is 6.31. The molecule has 0 aliphatic rings. The highest BCUT2D eigenvalue weighted by Gasteiger charge is 2.29. The zero-order valence-electron chi connectivity index (χ0n) is 11.7. The van der Waals surface area contributed by atoms with Crippen molar-refractivity contribution in [3.05, 3.63) is 35.6 Å². The second-order valence-corrected chi connectivity index (χ2v) is 4.28. The van der Waals surface area contributed by atoms with Gasteiger partial charge in [-0.15, -0.1) is 0 Å². The first-order chi connectivity index (χ1) is 9.61. The molecular formula is C14H20FNO4. The number of rotatable bonds is 9. The summed E-state index contributed by atoms with van der Waals surface area (Å²) in [5.74, 6) is -1.62. The van der Waals surface area contributed by atoms with Crippen molar-refractivity contribution in [2.75, 3.05) is 40.5 Å². The number of hydrogen-bond donors (Lipinski definition) is 1. The number of halogens is 1. The summed E-state index contributed by atoms with van der Waals surface area (Å²) in [5, 5.41) is 9.43. The van der Waals surface area contributed by atoms with Crippen LogP contribution in [-0.4, -0.2) is 56.5 Å². The fraction of sp³-hybridized carbons (Fsp3) is 0.500. The summed E-state index contributed by atoms with van der Waals surface area (Å²) in [5.41, 5.74) is 0.146. The molecule has 0 aliphatic carbocycles. The second kappa shape index (κ2) is 8.63. The van der Waals surface area contributed by atoms with Crippen LogP contribution in [0.15, 0.2) is 24.3 Å². The van der Waals surface area contributed by atoms with Crippen LogP contribution in [0.3, 0.4) is 0 Å². The van der Waals surface area contributed by atoms with Crippen LogP contribution in [0.5, 0.6) is 0 Å². The van der Waals surface area contributed by atoms with Crippen LogP contribution in [0.25, 0.3) is 0 Å². The summed E-state index contributed by atoms with van der Waals surface area (Å²) >= 11 is 0. The smallest absolute Gasteiger partial charge is 0.325 e. The summed E-state index contributed by atoms with van der Waals surface area (Å²) in [7, 11) is 3.07. The van der Waals surface area contributed by atoms with E-state index in [0.717, 1.165) is 0 Å². The Hall–Kier alpha value is -1.50. The Morgan fingerprint density at radius 1 is 1.25 bits per heavy atom. The minimum atomic E-state index is -1.10. The van der Waals surface area contributed by atoms with Gasteiger partial charge < -0.3 is 14.6 Å². The van der Waals surface area contributed by atoms with Gasteiger partial charge in [0, 0.05) is 32.9 Å². The number of aliphatic carboxylic acids is 1. The quantitative estimate of drug-likeness (QED) is 0.746. The molecule has 0 spiro atoms. The average molecular weight is 285 g/mol. The Bertz CT molecular complexity index is 419. The molecule has 0 fully saturated rings. The summed E-state index contributed by atoms with van der Waals surface area (Å²) in [6.45, 7) is 1.49. The number of methoxy groups -OCH3 is 2. The third kappa shape index (κ3) is 4.56. The Morgan fingerprint density at radius 3 is 2.25 bits per heavy atom. The molecular weight excluding hydrogens is 265 g/mol. The SMILES string of the molecule is COCCN(CCOC)C(C(=O)O)c1ccccc1F. The molecule has 0 amide bonds. The average Bonchev–Trinajstić information content (AvgIpc) is 2.43. The Kier molecular flexibility index (Phi) is 7.14. The van der Waals surface area contributed by atoms with Gasteiger partial charge in [-0.05, 0) is 6.07 Å². The molecule has 0 saturated heterocycles. The lowest BCUT2D eigenvalue weighted by Crippen LogP contribution is -2.39. The van der Waals surface area contributed by atoms with Crippen molar-refractivity contribution in [1.82, 2.24) is 4.90 Å². The van der Waals surface area contributed by atoms with E-state index in [2.05, 4.69) is 0 Å². The maximum absolute atomic E-state index is 13.9. The van der Waals surface area contributed by atoms with Crippen molar-refractivity contribution < 1.29 is 23.8 Å². The Morgan fingerprint density at radius 2 is 1.80 bits per heavy atom. The fourth-order valence-corrected chi connectivity index (χ4v) is 1.97. The van der Waals surface area contributed by atoms with Crippen molar-refractivity contribution in [2.45, 2.75) is 6.04 Å². The van der Waals surface area contributed by atoms with Crippen LogP contribution >= 0.6 is 0 Å². The normalized spacial score (nSPS) is 12.6. The van der Waals surface area contributed by atoms with Crippen LogP contribution in [0.2, 0.25) is 0 Å². The Balaban J connectivity index is 3.00. The lowest BCUT2D eigenvalue weighted by Gasteiger charge is -2.28. The molecule has 0 heterocycles. The molecule has 0 bridgehead atoms. The molecule has 1 N–H and O–H groups in total. The maximum atomic E-state index is 13.9. The van der Waals surface area contributed by atoms with Gasteiger partial charge in [-0.2, -0.15) is 0 Å². The lowest BCUT2D eigenvalue weighted by atomic mass is 10.0. The third-order valence-corrected chi connectivity index (χ3v) is 2.96. The number of hydrogen-bond acceptors (Lipinski definition) is 4. The predicted molar refractivity (Wildman–Crippen MR) is 72.1 cm³/mol. The molecule has 6 heteroatoms. The maximum Gasteiger partial charge on any atom is 0.325 e. The molecule has 1 atom stereocenters. The molecule has 1 aromatic rings. The van der Waals surface area contributed by atoms with Gasteiger partial charge >= 0.3 is 5.97 Å². The van der Waals surface area contributed by atoms with E-state index in [1.54, 1.807) is 11.0 Å². The topological polar surface area (TPSA) is 59.0 Å². The summed E-state index contributed by atoms with van der Waals surface area (Å²) in [6, 6.07) is 4.85. The molecule has 0 radical (unpaired) electrons. The lowest BCUT2D eigenvalue weighted by molar-refractivity contribution is -0.144. The van der Waals surface area contributed by atoms with Crippen molar-refractivity contribution in [3.63, 3.8) is 0 Å².